The monoisotopic (exact) mass is 456 g/mol. The third-order valence-electron chi connectivity index (χ3n) is 12.1. The summed E-state index contributed by atoms with van der Waals surface area (Å²) in [5.41, 5.74) is 1.27. The lowest BCUT2D eigenvalue weighted by atomic mass is 9.31. The molecule has 4 fully saturated rings. The van der Waals surface area contributed by atoms with Gasteiger partial charge in [0, 0.05) is 18.3 Å². The van der Waals surface area contributed by atoms with Gasteiger partial charge in [0.05, 0.1) is 6.10 Å². The average Bonchev–Trinajstić information content (AvgIpc) is 2.72. The molecule has 33 heavy (non-hydrogen) atoms. The molecule has 5 rings (SSSR count). The summed E-state index contributed by atoms with van der Waals surface area (Å²) in [6.07, 6.45) is 11.4. The molecule has 5 aliphatic carbocycles. The van der Waals surface area contributed by atoms with Gasteiger partial charge in [-0.3, -0.25) is 9.59 Å². The number of aliphatic hydroxyl groups excluding tert-OH is 1. The zero-order chi connectivity index (χ0) is 24.0. The lowest BCUT2D eigenvalue weighted by molar-refractivity contribution is -0.287. The van der Waals surface area contributed by atoms with Crippen LogP contribution in [0, 0.1) is 45.3 Å². The van der Waals surface area contributed by atoms with Gasteiger partial charge in [-0.25, -0.2) is 0 Å². The molecule has 4 saturated carbocycles. The molecule has 0 aromatic heterocycles. The Balaban J connectivity index is 1.63. The van der Waals surface area contributed by atoms with Crippen molar-refractivity contribution in [1.29, 1.82) is 0 Å². The van der Waals surface area contributed by atoms with Gasteiger partial charge in [0.25, 0.3) is 0 Å². The van der Waals surface area contributed by atoms with Crippen LogP contribution in [-0.2, 0) is 14.3 Å². The van der Waals surface area contributed by atoms with Crippen LogP contribution in [0.1, 0.15) is 99.3 Å². The van der Waals surface area contributed by atoms with Gasteiger partial charge in [-0.15, -0.1) is 0 Å². The van der Waals surface area contributed by atoms with E-state index < -0.39 is 6.10 Å². The second-order valence-corrected chi connectivity index (χ2v) is 13.2. The number of carbonyl (C=O) groups excluding carboxylic acids is 2. The Hall–Kier alpha value is -1.16. The minimum atomic E-state index is -0.508. The van der Waals surface area contributed by atoms with Gasteiger partial charge in [0.1, 0.15) is 6.10 Å². The third kappa shape index (κ3) is 2.91. The minimum Gasteiger partial charge on any atom is -0.462 e. The van der Waals surface area contributed by atoms with Crippen LogP contribution in [0.5, 0.6) is 0 Å². The highest BCUT2D eigenvalue weighted by molar-refractivity contribution is 5.94. The Labute approximate surface area is 199 Å². The Morgan fingerprint density at radius 2 is 1.76 bits per heavy atom. The molecule has 1 spiro atoms. The van der Waals surface area contributed by atoms with Crippen LogP contribution in [0.15, 0.2) is 11.6 Å². The normalized spacial score (nSPS) is 52.8. The summed E-state index contributed by atoms with van der Waals surface area (Å²) in [7, 11) is 0. The molecule has 0 saturated heterocycles. The topological polar surface area (TPSA) is 63.6 Å². The SMILES string of the molecule is CC[C@@]1(C)CCC[C@]2(C)[C@H]3C[C@H](OC(C)=O)[C@]45C[C@H](O)[C@H]4C(C(C)=O)=CC[C@H]5[C@]3(C)CC[C@@H]12. The van der Waals surface area contributed by atoms with Gasteiger partial charge in [0.15, 0.2) is 5.78 Å². The molecular weight excluding hydrogens is 412 g/mol. The molecule has 0 unspecified atom stereocenters. The van der Waals surface area contributed by atoms with E-state index in [1.54, 1.807) is 6.92 Å². The lowest BCUT2D eigenvalue weighted by Gasteiger charge is -2.74. The summed E-state index contributed by atoms with van der Waals surface area (Å²) >= 11 is 0. The molecule has 0 amide bonds. The van der Waals surface area contributed by atoms with Crippen molar-refractivity contribution in [3.63, 3.8) is 0 Å². The molecule has 0 radical (unpaired) electrons. The molecule has 0 aromatic rings. The largest absolute Gasteiger partial charge is 0.462 e. The van der Waals surface area contributed by atoms with Crippen molar-refractivity contribution < 1.29 is 19.4 Å². The number of rotatable bonds is 3. The molecule has 4 heteroatoms. The summed E-state index contributed by atoms with van der Waals surface area (Å²) in [5.74, 6) is 1.21. The number of aliphatic hydroxyl groups is 1. The van der Waals surface area contributed by atoms with Crippen LogP contribution in [0.4, 0.5) is 0 Å². The highest BCUT2D eigenvalue weighted by atomic mass is 16.5. The van der Waals surface area contributed by atoms with Gasteiger partial charge in [-0.05, 0) is 91.4 Å². The molecule has 0 heterocycles. The number of carbonyl (C=O) groups is 2. The molecular formula is C29H44O4. The first-order chi connectivity index (χ1) is 15.4. The predicted molar refractivity (Wildman–Crippen MR) is 128 cm³/mol. The molecule has 0 aromatic carbocycles. The quantitative estimate of drug-likeness (QED) is 0.540. The van der Waals surface area contributed by atoms with Crippen LogP contribution in [0.2, 0.25) is 0 Å². The molecule has 184 valence electrons. The molecule has 5 aliphatic rings. The minimum absolute atomic E-state index is 0.0621. The maximum atomic E-state index is 12.6. The smallest absolute Gasteiger partial charge is 0.302 e. The maximum absolute atomic E-state index is 12.6. The van der Waals surface area contributed by atoms with E-state index in [9.17, 15) is 14.7 Å². The first-order valence-electron chi connectivity index (χ1n) is 13.5. The van der Waals surface area contributed by atoms with Crippen molar-refractivity contribution in [2.75, 3.05) is 0 Å². The van der Waals surface area contributed by atoms with Crippen molar-refractivity contribution >= 4 is 11.8 Å². The van der Waals surface area contributed by atoms with Gasteiger partial charge < -0.3 is 9.84 Å². The number of Topliss-reactive ketones (excluding diaryl/α,β-unsaturated/α-hetero) is 1. The summed E-state index contributed by atoms with van der Waals surface area (Å²) < 4.78 is 6.17. The average molecular weight is 457 g/mol. The molecule has 0 bridgehead atoms. The number of allylic oxidation sites excluding steroid dienone is 1. The van der Waals surface area contributed by atoms with Crippen molar-refractivity contribution in [2.45, 2.75) is 112 Å². The van der Waals surface area contributed by atoms with Crippen molar-refractivity contribution in [3.8, 4) is 0 Å². The Kier molecular flexibility index (Phi) is 5.30. The second kappa shape index (κ2) is 7.42. The van der Waals surface area contributed by atoms with Gasteiger partial charge in [-0.2, -0.15) is 0 Å². The maximum Gasteiger partial charge on any atom is 0.302 e. The first kappa shape index (κ1) is 23.6. The van der Waals surface area contributed by atoms with E-state index in [1.165, 1.54) is 45.4 Å². The van der Waals surface area contributed by atoms with Crippen LogP contribution < -0.4 is 0 Å². The van der Waals surface area contributed by atoms with Gasteiger partial charge >= 0.3 is 5.97 Å². The second-order valence-electron chi connectivity index (χ2n) is 13.2. The summed E-state index contributed by atoms with van der Waals surface area (Å²) in [4.78, 5) is 24.9. The predicted octanol–water partition coefficient (Wildman–Crippen LogP) is 5.86. The van der Waals surface area contributed by atoms with Crippen LogP contribution in [-0.4, -0.2) is 29.1 Å². The number of hydrogen-bond acceptors (Lipinski definition) is 4. The fraction of sp³-hybridized carbons (Fsp3) is 0.862. The molecule has 10 atom stereocenters. The van der Waals surface area contributed by atoms with Gasteiger partial charge in [-0.1, -0.05) is 46.6 Å². The zero-order valence-electron chi connectivity index (χ0n) is 21.6. The van der Waals surface area contributed by atoms with E-state index in [1.807, 2.05) is 0 Å². The van der Waals surface area contributed by atoms with E-state index in [-0.39, 0.29) is 40.0 Å². The van der Waals surface area contributed by atoms with Crippen LogP contribution in [0.3, 0.4) is 0 Å². The van der Waals surface area contributed by atoms with Crippen molar-refractivity contribution in [3.05, 3.63) is 11.6 Å². The Morgan fingerprint density at radius 1 is 1.06 bits per heavy atom. The van der Waals surface area contributed by atoms with E-state index >= 15 is 0 Å². The Morgan fingerprint density at radius 3 is 2.36 bits per heavy atom. The number of esters is 1. The summed E-state index contributed by atoms with van der Waals surface area (Å²) in [5, 5.41) is 10.9. The van der Waals surface area contributed by atoms with Crippen LogP contribution in [0.25, 0.3) is 0 Å². The number of ketones is 1. The molecule has 4 nitrogen and oxygen atoms in total. The molecule has 0 aliphatic heterocycles. The van der Waals surface area contributed by atoms with Gasteiger partial charge in [0.2, 0.25) is 0 Å². The fourth-order valence-electron chi connectivity index (χ4n) is 10.7. The van der Waals surface area contributed by atoms with Crippen LogP contribution >= 0.6 is 0 Å². The van der Waals surface area contributed by atoms with E-state index in [4.69, 9.17) is 4.74 Å². The number of ether oxygens (including phenoxy) is 1. The van der Waals surface area contributed by atoms with Crippen molar-refractivity contribution in [2.24, 2.45) is 45.3 Å². The number of hydrogen-bond donors (Lipinski definition) is 1. The number of fused-ring (bicyclic) bond motifs is 4. The fourth-order valence-corrected chi connectivity index (χ4v) is 10.7. The first-order valence-corrected chi connectivity index (χ1v) is 13.5. The summed E-state index contributed by atoms with van der Waals surface area (Å²) in [6, 6.07) is 0. The van der Waals surface area contributed by atoms with E-state index in [2.05, 4.69) is 33.8 Å². The Bertz CT molecular complexity index is 892. The highest BCUT2D eigenvalue weighted by Gasteiger charge is 2.74. The lowest BCUT2D eigenvalue weighted by Crippen LogP contribution is -2.73. The van der Waals surface area contributed by atoms with Crippen molar-refractivity contribution in [1.82, 2.24) is 0 Å². The zero-order valence-corrected chi connectivity index (χ0v) is 21.6. The van der Waals surface area contributed by atoms with E-state index in [0.29, 0.717) is 29.6 Å². The molecule has 1 N–H and O–H groups in total. The summed E-state index contributed by atoms with van der Waals surface area (Å²) in [6.45, 7) is 13.1. The van der Waals surface area contributed by atoms with E-state index in [0.717, 1.165) is 18.4 Å². The highest BCUT2D eigenvalue weighted by Crippen LogP contribution is 2.76. The third-order valence-corrected chi connectivity index (χ3v) is 12.1. The standard InChI is InChI=1S/C29H44O4/c1-7-26(4)12-8-13-27(5)21(26)11-14-28(6)22-10-9-19(17(2)30)25-20(32)16-29(22,25)24(15-23(27)28)33-18(3)31/h9,20-25,32H,7-8,10-16H2,1-6H3/t20-,21-,22-,23+,24-,25+,26-,27-,28-,29+/m0/s1.